The summed E-state index contributed by atoms with van der Waals surface area (Å²) in [6, 6.07) is 12.7. The number of aryl methyl sites for hydroxylation is 2. The number of sulfonamides is 1. The Hall–Kier alpha value is -1.77. The SMILES string of the molecule is Cc1nc(S(=O)(=O)NC2CCN(c3ccc(Cl)cc3Cl)C(c3ccc(Cl)cc3)C2)cn1C. The first-order valence-corrected chi connectivity index (χ1v) is 12.8. The molecule has 32 heavy (non-hydrogen) atoms. The molecule has 1 aromatic heterocycles. The molecule has 6 nitrogen and oxygen atoms in total. The van der Waals surface area contributed by atoms with Crippen LogP contribution >= 0.6 is 34.8 Å². The highest BCUT2D eigenvalue weighted by molar-refractivity contribution is 7.89. The molecule has 1 saturated heterocycles. The molecule has 1 aliphatic rings. The van der Waals surface area contributed by atoms with Crippen LogP contribution in [0.5, 0.6) is 0 Å². The Morgan fingerprint density at radius 2 is 1.75 bits per heavy atom. The zero-order valence-corrected chi connectivity index (χ0v) is 20.7. The molecule has 0 saturated carbocycles. The average molecular weight is 514 g/mol. The van der Waals surface area contributed by atoms with E-state index >= 15 is 0 Å². The van der Waals surface area contributed by atoms with Gasteiger partial charge in [0, 0.05) is 35.9 Å². The lowest BCUT2D eigenvalue weighted by atomic mass is 9.91. The quantitative estimate of drug-likeness (QED) is 0.497. The maximum Gasteiger partial charge on any atom is 0.259 e. The van der Waals surface area contributed by atoms with Crippen molar-refractivity contribution in [3.8, 4) is 0 Å². The zero-order valence-electron chi connectivity index (χ0n) is 17.6. The lowest BCUT2D eigenvalue weighted by molar-refractivity contribution is 0.394. The molecule has 2 unspecified atom stereocenters. The lowest BCUT2D eigenvalue weighted by Gasteiger charge is -2.41. The van der Waals surface area contributed by atoms with Gasteiger partial charge in [0.15, 0.2) is 5.03 Å². The highest BCUT2D eigenvalue weighted by Crippen LogP contribution is 2.39. The maximum absolute atomic E-state index is 12.9. The van der Waals surface area contributed by atoms with Crippen molar-refractivity contribution in [2.75, 3.05) is 11.4 Å². The van der Waals surface area contributed by atoms with Gasteiger partial charge in [-0.25, -0.2) is 18.1 Å². The lowest BCUT2D eigenvalue weighted by Crippen LogP contribution is -2.46. The third-order valence-electron chi connectivity index (χ3n) is 5.76. The number of rotatable bonds is 5. The molecule has 3 aromatic rings. The van der Waals surface area contributed by atoms with Crippen molar-refractivity contribution in [1.29, 1.82) is 0 Å². The fraction of sp³-hybridized carbons (Fsp3) is 0.318. The number of hydrogen-bond acceptors (Lipinski definition) is 4. The minimum atomic E-state index is -3.73. The Kier molecular flexibility index (Phi) is 6.75. The number of aromatic nitrogens is 2. The minimum Gasteiger partial charge on any atom is -0.363 e. The van der Waals surface area contributed by atoms with Gasteiger partial charge in [0.05, 0.1) is 16.8 Å². The van der Waals surface area contributed by atoms with E-state index < -0.39 is 10.0 Å². The molecular formula is C22H23Cl3N4O2S. The van der Waals surface area contributed by atoms with Crippen molar-refractivity contribution in [3.05, 3.63) is 75.1 Å². The van der Waals surface area contributed by atoms with E-state index in [0.717, 1.165) is 11.3 Å². The molecule has 4 rings (SSSR count). The van der Waals surface area contributed by atoms with Crippen molar-refractivity contribution in [2.24, 2.45) is 7.05 Å². The molecule has 2 atom stereocenters. The third-order valence-corrected chi connectivity index (χ3v) is 7.94. The number of piperidine rings is 1. The van der Waals surface area contributed by atoms with Crippen LogP contribution in [0.25, 0.3) is 0 Å². The molecule has 1 fully saturated rings. The van der Waals surface area contributed by atoms with Crippen LogP contribution in [0.1, 0.15) is 30.3 Å². The fourth-order valence-electron chi connectivity index (χ4n) is 4.01. The number of hydrogen-bond donors (Lipinski definition) is 1. The van der Waals surface area contributed by atoms with Crippen LogP contribution in [0.4, 0.5) is 5.69 Å². The van der Waals surface area contributed by atoms with Crippen molar-refractivity contribution in [1.82, 2.24) is 14.3 Å². The van der Waals surface area contributed by atoms with Crippen LogP contribution in [0.2, 0.25) is 15.1 Å². The molecular weight excluding hydrogens is 491 g/mol. The molecule has 0 aliphatic carbocycles. The predicted octanol–water partition coefficient (Wildman–Crippen LogP) is 5.38. The second kappa shape index (κ2) is 9.23. The van der Waals surface area contributed by atoms with Gasteiger partial charge in [0.1, 0.15) is 5.82 Å². The molecule has 0 amide bonds. The van der Waals surface area contributed by atoms with Gasteiger partial charge in [0.2, 0.25) is 0 Å². The number of benzene rings is 2. The van der Waals surface area contributed by atoms with Crippen LogP contribution in [-0.4, -0.2) is 30.6 Å². The molecule has 1 aliphatic heterocycles. The third kappa shape index (κ3) is 4.92. The summed E-state index contributed by atoms with van der Waals surface area (Å²) < 4.78 is 30.4. The summed E-state index contributed by atoms with van der Waals surface area (Å²) >= 11 is 18.7. The van der Waals surface area contributed by atoms with E-state index in [9.17, 15) is 8.42 Å². The van der Waals surface area contributed by atoms with Gasteiger partial charge in [-0.15, -0.1) is 0 Å². The van der Waals surface area contributed by atoms with Crippen LogP contribution in [0.15, 0.2) is 53.7 Å². The van der Waals surface area contributed by atoms with E-state index in [0.29, 0.717) is 40.3 Å². The van der Waals surface area contributed by atoms with E-state index in [4.69, 9.17) is 34.8 Å². The molecule has 1 N–H and O–H groups in total. The first kappa shape index (κ1) is 23.4. The van der Waals surface area contributed by atoms with Crippen molar-refractivity contribution >= 4 is 50.5 Å². The van der Waals surface area contributed by atoms with Gasteiger partial charge < -0.3 is 9.47 Å². The highest BCUT2D eigenvalue weighted by Gasteiger charge is 2.33. The van der Waals surface area contributed by atoms with E-state index in [1.165, 1.54) is 6.20 Å². The number of imidazole rings is 1. The Bertz CT molecular complexity index is 1210. The molecule has 2 heterocycles. The number of halogens is 3. The monoisotopic (exact) mass is 512 g/mol. The summed E-state index contributed by atoms with van der Waals surface area (Å²) in [6.07, 6.45) is 2.71. The predicted molar refractivity (Wildman–Crippen MR) is 129 cm³/mol. The zero-order chi connectivity index (χ0) is 23.0. The molecule has 0 spiro atoms. The standard InChI is InChI=1S/C22H23Cl3N4O2S/c1-14-26-22(13-28(14)2)32(30,31)27-18-9-10-29(20-8-7-17(24)11-19(20)25)21(12-18)15-3-5-16(23)6-4-15/h3-8,11,13,18,21,27H,9-10,12H2,1-2H3. The molecule has 0 bridgehead atoms. The van der Waals surface area contributed by atoms with Crippen molar-refractivity contribution in [3.63, 3.8) is 0 Å². The van der Waals surface area contributed by atoms with Crippen molar-refractivity contribution < 1.29 is 8.42 Å². The van der Waals surface area contributed by atoms with Gasteiger partial charge >= 0.3 is 0 Å². The topological polar surface area (TPSA) is 67.2 Å². The van der Waals surface area contributed by atoms with Crippen LogP contribution < -0.4 is 9.62 Å². The maximum atomic E-state index is 12.9. The summed E-state index contributed by atoms with van der Waals surface area (Å²) in [5.74, 6) is 0.636. The first-order chi connectivity index (χ1) is 15.1. The smallest absolute Gasteiger partial charge is 0.259 e. The van der Waals surface area contributed by atoms with Gasteiger partial charge in [-0.2, -0.15) is 0 Å². The molecule has 0 radical (unpaired) electrons. The molecule has 10 heteroatoms. The minimum absolute atomic E-state index is 0.0312. The number of nitrogens with zero attached hydrogens (tertiary/aromatic N) is 3. The Labute approximate surface area is 203 Å². The fourth-order valence-corrected chi connectivity index (χ4v) is 5.98. The van der Waals surface area contributed by atoms with Gasteiger partial charge in [-0.05, 0) is 55.7 Å². The summed E-state index contributed by atoms with van der Waals surface area (Å²) in [5.41, 5.74) is 1.88. The second-order valence-electron chi connectivity index (χ2n) is 7.94. The van der Waals surface area contributed by atoms with E-state index in [1.54, 1.807) is 30.7 Å². The molecule has 2 aromatic carbocycles. The van der Waals surface area contributed by atoms with Gasteiger partial charge in [-0.3, -0.25) is 0 Å². The summed E-state index contributed by atoms with van der Waals surface area (Å²) in [7, 11) is -1.96. The Balaban J connectivity index is 1.63. The second-order valence-corrected chi connectivity index (χ2v) is 10.9. The van der Waals surface area contributed by atoms with Gasteiger partial charge in [0.25, 0.3) is 10.0 Å². The number of anilines is 1. The highest BCUT2D eigenvalue weighted by atomic mass is 35.5. The largest absolute Gasteiger partial charge is 0.363 e. The Morgan fingerprint density at radius 1 is 1.06 bits per heavy atom. The van der Waals surface area contributed by atoms with E-state index in [1.807, 2.05) is 30.3 Å². The average Bonchev–Trinajstić information content (AvgIpc) is 3.08. The Morgan fingerprint density at radius 3 is 2.38 bits per heavy atom. The summed E-state index contributed by atoms with van der Waals surface area (Å²) in [4.78, 5) is 6.37. The van der Waals surface area contributed by atoms with Crippen LogP contribution in [-0.2, 0) is 17.1 Å². The first-order valence-electron chi connectivity index (χ1n) is 10.1. The van der Waals surface area contributed by atoms with E-state index in [-0.39, 0.29) is 17.1 Å². The van der Waals surface area contributed by atoms with Gasteiger partial charge in [-0.1, -0.05) is 46.9 Å². The molecule has 170 valence electrons. The van der Waals surface area contributed by atoms with Crippen LogP contribution in [0.3, 0.4) is 0 Å². The normalized spacial score (nSPS) is 19.3. The summed E-state index contributed by atoms with van der Waals surface area (Å²) in [5, 5.41) is 1.79. The van der Waals surface area contributed by atoms with Crippen molar-refractivity contribution in [2.45, 2.75) is 36.9 Å². The number of nitrogens with one attached hydrogen (secondary N) is 1. The van der Waals surface area contributed by atoms with E-state index in [2.05, 4.69) is 14.6 Å². The van der Waals surface area contributed by atoms with Crippen LogP contribution in [0, 0.1) is 6.92 Å². The summed E-state index contributed by atoms with van der Waals surface area (Å²) in [6.45, 7) is 2.38.